The average Bonchev–Trinajstić information content (AvgIpc) is 1.97. The van der Waals surface area contributed by atoms with Gasteiger partial charge in [-0.2, -0.15) is 0 Å². The van der Waals surface area contributed by atoms with E-state index in [1.54, 1.807) is 0 Å². The van der Waals surface area contributed by atoms with Crippen LogP contribution >= 0.6 is 21.6 Å². The highest BCUT2D eigenvalue weighted by Gasteiger charge is 2.02. The van der Waals surface area contributed by atoms with Gasteiger partial charge in [-0.05, 0) is 0 Å². The molecule has 0 aromatic carbocycles. The fraction of sp³-hybridized carbons (Fsp3) is 0.600. The van der Waals surface area contributed by atoms with Crippen LogP contribution < -0.4 is 0 Å². The molecule has 64 valence electrons. The number of hydrogen-bond acceptors (Lipinski definition) is 5. The number of carbonyl (C=O) groups excluding carboxylic acids is 1. The van der Waals surface area contributed by atoms with E-state index in [4.69, 9.17) is 5.11 Å². The molecule has 0 aromatic heterocycles. The van der Waals surface area contributed by atoms with Crippen LogP contribution in [0, 0.1) is 0 Å². The number of hydrogen-bond donors (Lipinski definition) is 1. The molecule has 0 aliphatic rings. The summed E-state index contributed by atoms with van der Waals surface area (Å²) in [6.45, 7) is 0. The Morgan fingerprint density at radius 1 is 1.55 bits per heavy atom. The molecule has 0 aliphatic carbocycles. The first-order valence-electron chi connectivity index (χ1n) is 2.76. The maximum Gasteiger partial charge on any atom is 0.377 e. The van der Waals surface area contributed by atoms with Crippen molar-refractivity contribution in [2.24, 2.45) is 0 Å². The molecule has 0 aliphatic heterocycles. The molecule has 0 spiro atoms. The summed E-state index contributed by atoms with van der Waals surface area (Å²) in [6.07, 6.45) is 0.0641. The van der Waals surface area contributed by atoms with Gasteiger partial charge < -0.3 is 9.84 Å². The Balaban J connectivity index is 3.14. The van der Waals surface area contributed by atoms with Crippen molar-refractivity contribution in [2.45, 2.75) is 6.42 Å². The molecule has 11 heavy (non-hydrogen) atoms. The van der Waals surface area contributed by atoms with Crippen LogP contribution in [0.2, 0.25) is 0 Å². The predicted molar refractivity (Wildman–Crippen MR) is 44.7 cm³/mol. The Bertz CT molecular complexity index is 147. The third-order valence-electron chi connectivity index (χ3n) is 0.693. The molecule has 0 atom stereocenters. The smallest absolute Gasteiger partial charge is 0.377 e. The van der Waals surface area contributed by atoms with E-state index in [1.807, 2.05) is 0 Å². The van der Waals surface area contributed by atoms with E-state index < -0.39 is 11.3 Å². The summed E-state index contributed by atoms with van der Waals surface area (Å²) >= 11 is 0. The molecule has 0 aromatic rings. The summed E-state index contributed by atoms with van der Waals surface area (Å²) < 4.78 is 4.31. The third kappa shape index (κ3) is 7.54. The molecule has 0 heterocycles. The molecule has 0 radical (unpaired) electrons. The Kier molecular flexibility index (Phi) is 6.15. The molecule has 1 N–H and O–H groups in total. The van der Waals surface area contributed by atoms with Crippen molar-refractivity contribution < 1.29 is 19.4 Å². The SMILES string of the molecule is COC(=O)SSCCC(=O)O. The number of rotatable bonds is 4. The van der Waals surface area contributed by atoms with Crippen molar-refractivity contribution in [1.29, 1.82) is 0 Å². The van der Waals surface area contributed by atoms with E-state index in [-0.39, 0.29) is 6.42 Å². The van der Waals surface area contributed by atoms with Gasteiger partial charge in [-0.15, -0.1) is 0 Å². The molecular formula is C5H8O4S2. The van der Waals surface area contributed by atoms with Crippen LogP contribution in [0.15, 0.2) is 0 Å². The highest BCUT2D eigenvalue weighted by molar-refractivity contribution is 8.82. The number of carbonyl (C=O) groups is 2. The van der Waals surface area contributed by atoms with Gasteiger partial charge >= 0.3 is 11.3 Å². The van der Waals surface area contributed by atoms with Crippen LogP contribution in [0.3, 0.4) is 0 Å². The Morgan fingerprint density at radius 2 is 2.18 bits per heavy atom. The third-order valence-corrected chi connectivity index (χ3v) is 2.75. The second-order valence-corrected chi connectivity index (χ2v) is 3.85. The second kappa shape index (κ2) is 6.36. The number of methoxy groups -OCH3 is 1. The topological polar surface area (TPSA) is 63.6 Å². The molecule has 0 saturated carbocycles. The highest BCUT2D eigenvalue weighted by atomic mass is 33.1. The summed E-state index contributed by atoms with van der Waals surface area (Å²) in [6, 6.07) is 0. The molecule has 0 bridgehead atoms. The van der Waals surface area contributed by atoms with E-state index in [9.17, 15) is 9.59 Å². The lowest BCUT2D eigenvalue weighted by Crippen LogP contribution is -1.95. The second-order valence-electron chi connectivity index (χ2n) is 1.50. The molecule has 0 unspecified atom stereocenters. The summed E-state index contributed by atoms with van der Waals surface area (Å²) in [5, 5.41) is 7.79. The zero-order chi connectivity index (χ0) is 8.69. The minimum absolute atomic E-state index is 0.0641. The van der Waals surface area contributed by atoms with Gasteiger partial charge in [-0.3, -0.25) is 4.79 Å². The lowest BCUT2D eigenvalue weighted by molar-refractivity contribution is -0.136. The first kappa shape index (κ1) is 10.6. The van der Waals surface area contributed by atoms with Crippen LogP contribution in [0.4, 0.5) is 4.79 Å². The zero-order valence-electron chi connectivity index (χ0n) is 5.90. The van der Waals surface area contributed by atoms with E-state index in [1.165, 1.54) is 17.9 Å². The fourth-order valence-electron chi connectivity index (χ4n) is 0.253. The maximum absolute atomic E-state index is 10.4. The molecular weight excluding hydrogens is 188 g/mol. The largest absolute Gasteiger partial charge is 0.481 e. The molecule has 0 fully saturated rings. The summed E-state index contributed by atoms with van der Waals surface area (Å²) in [5.74, 6) is -0.447. The molecule has 0 saturated heterocycles. The van der Waals surface area contributed by atoms with Crippen molar-refractivity contribution in [3.63, 3.8) is 0 Å². The van der Waals surface area contributed by atoms with E-state index in [0.29, 0.717) is 5.75 Å². The van der Waals surface area contributed by atoms with Gasteiger partial charge in [0.1, 0.15) is 0 Å². The van der Waals surface area contributed by atoms with E-state index in [0.717, 1.165) is 10.8 Å². The minimum Gasteiger partial charge on any atom is -0.481 e. The normalized spacial score (nSPS) is 9.18. The van der Waals surface area contributed by atoms with Crippen molar-refractivity contribution in [3.8, 4) is 0 Å². The Labute approximate surface area is 72.1 Å². The van der Waals surface area contributed by atoms with Gasteiger partial charge in [-0.25, -0.2) is 4.79 Å². The molecule has 0 amide bonds. The Morgan fingerprint density at radius 3 is 2.64 bits per heavy atom. The summed E-state index contributed by atoms with van der Waals surface area (Å²) in [4.78, 5) is 20.4. The first-order valence-corrected chi connectivity index (χ1v) is 5.08. The zero-order valence-corrected chi connectivity index (χ0v) is 7.54. The maximum atomic E-state index is 10.4. The molecule has 6 heteroatoms. The van der Waals surface area contributed by atoms with Gasteiger partial charge in [0.25, 0.3) is 0 Å². The first-order chi connectivity index (χ1) is 5.16. The van der Waals surface area contributed by atoms with Crippen molar-refractivity contribution in [2.75, 3.05) is 12.9 Å². The van der Waals surface area contributed by atoms with Crippen molar-refractivity contribution in [1.82, 2.24) is 0 Å². The number of carboxylic acids is 1. The monoisotopic (exact) mass is 196 g/mol. The lowest BCUT2D eigenvalue weighted by Gasteiger charge is -1.95. The Hall–Kier alpha value is -0.360. The van der Waals surface area contributed by atoms with Crippen LogP contribution in [0.25, 0.3) is 0 Å². The molecule has 4 nitrogen and oxygen atoms in total. The van der Waals surface area contributed by atoms with Gasteiger partial charge in [0.15, 0.2) is 0 Å². The minimum atomic E-state index is -0.858. The quantitative estimate of drug-likeness (QED) is 0.418. The van der Waals surface area contributed by atoms with Crippen molar-refractivity contribution in [3.05, 3.63) is 0 Å². The standard InChI is InChI=1S/C5H8O4S2/c1-9-5(8)11-10-3-2-4(6)7/h2-3H2,1H3,(H,6,7). The number of carboxylic acid groups (broad SMARTS) is 1. The van der Waals surface area contributed by atoms with Crippen LogP contribution in [-0.4, -0.2) is 29.2 Å². The number of aliphatic carboxylic acids is 1. The predicted octanol–water partition coefficient (Wildman–Crippen LogP) is 1.61. The average molecular weight is 196 g/mol. The van der Waals surface area contributed by atoms with Gasteiger partial charge in [0.05, 0.1) is 13.5 Å². The fourth-order valence-corrected chi connectivity index (χ4v) is 1.75. The number of ether oxygens (including phenoxy) is 1. The van der Waals surface area contributed by atoms with E-state index in [2.05, 4.69) is 4.74 Å². The van der Waals surface area contributed by atoms with Crippen LogP contribution in [-0.2, 0) is 9.53 Å². The van der Waals surface area contributed by atoms with Gasteiger partial charge in [0.2, 0.25) is 0 Å². The van der Waals surface area contributed by atoms with Gasteiger partial charge in [0, 0.05) is 16.5 Å². The lowest BCUT2D eigenvalue weighted by atomic mass is 10.5. The summed E-state index contributed by atoms with van der Waals surface area (Å²) in [7, 11) is 3.37. The van der Waals surface area contributed by atoms with E-state index >= 15 is 0 Å². The highest BCUT2D eigenvalue weighted by Crippen LogP contribution is 2.23. The van der Waals surface area contributed by atoms with Crippen LogP contribution in [0.5, 0.6) is 0 Å². The van der Waals surface area contributed by atoms with Gasteiger partial charge in [-0.1, -0.05) is 10.8 Å². The summed E-state index contributed by atoms with van der Waals surface area (Å²) in [5.41, 5.74) is 0. The van der Waals surface area contributed by atoms with Crippen LogP contribution in [0.1, 0.15) is 6.42 Å². The van der Waals surface area contributed by atoms with Crippen molar-refractivity contribution >= 4 is 32.9 Å². The molecule has 0 rings (SSSR count).